The topological polar surface area (TPSA) is 111 Å². The van der Waals surface area contributed by atoms with Gasteiger partial charge in [-0.15, -0.1) is 6.58 Å². The fourth-order valence-electron chi connectivity index (χ4n) is 4.24. The lowest BCUT2D eigenvalue weighted by atomic mass is 10.0. The number of nitro benzene ring substituents is 1. The number of hydrogen-bond donors (Lipinski definition) is 1. The van der Waals surface area contributed by atoms with E-state index in [2.05, 4.69) is 11.9 Å². The Balaban J connectivity index is 1.67. The maximum atomic E-state index is 13.5. The predicted molar refractivity (Wildman–Crippen MR) is 156 cm³/mol. The summed E-state index contributed by atoms with van der Waals surface area (Å²) >= 11 is 5.31. The molecule has 3 aromatic rings. The molecule has 3 aromatic carbocycles. The Bertz CT molecular complexity index is 1530. The minimum Gasteiger partial charge on any atom is -0.493 e. The van der Waals surface area contributed by atoms with E-state index >= 15 is 0 Å². The van der Waals surface area contributed by atoms with Crippen LogP contribution in [-0.2, 0) is 29.0 Å². The summed E-state index contributed by atoms with van der Waals surface area (Å²) in [6, 6.07) is 17.0. The smallest absolute Gasteiger partial charge is 0.270 e. The van der Waals surface area contributed by atoms with E-state index in [1.54, 1.807) is 42.5 Å². The summed E-state index contributed by atoms with van der Waals surface area (Å²) in [6.07, 6.45) is 4.41. The fourth-order valence-corrected chi connectivity index (χ4v) is 4.53. The third kappa shape index (κ3) is 6.08. The second-order valence-electron chi connectivity index (χ2n) is 8.90. The van der Waals surface area contributed by atoms with E-state index in [0.717, 1.165) is 12.0 Å². The average molecular weight is 558 g/mol. The molecule has 9 nitrogen and oxygen atoms in total. The van der Waals surface area contributed by atoms with Crippen LogP contribution >= 0.6 is 12.2 Å². The number of carbonyl (C=O) groups excluding carboxylic acids is 2. The molecule has 0 spiro atoms. The van der Waals surface area contributed by atoms with Crippen LogP contribution in [0.2, 0.25) is 0 Å². The van der Waals surface area contributed by atoms with Crippen LogP contribution in [0.5, 0.6) is 11.5 Å². The van der Waals surface area contributed by atoms with Gasteiger partial charge in [0.2, 0.25) is 0 Å². The molecule has 0 unspecified atom stereocenters. The summed E-state index contributed by atoms with van der Waals surface area (Å²) in [5, 5.41) is 13.7. The molecule has 0 saturated carbocycles. The summed E-state index contributed by atoms with van der Waals surface area (Å²) < 4.78 is 11.6. The number of allylic oxidation sites excluding steroid dienone is 1. The summed E-state index contributed by atoms with van der Waals surface area (Å²) in [4.78, 5) is 38.2. The summed E-state index contributed by atoms with van der Waals surface area (Å²) in [5.74, 6) is -0.364. The number of anilines is 1. The van der Waals surface area contributed by atoms with Crippen molar-refractivity contribution in [3.8, 4) is 11.5 Å². The number of aryl methyl sites for hydroxylation is 1. The highest BCUT2D eigenvalue weighted by atomic mass is 32.1. The van der Waals surface area contributed by atoms with E-state index in [4.69, 9.17) is 21.7 Å². The van der Waals surface area contributed by atoms with Gasteiger partial charge in [0.05, 0.1) is 17.7 Å². The maximum absolute atomic E-state index is 13.5. The van der Waals surface area contributed by atoms with E-state index in [9.17, 15) is 19.7 Å². The average Bonchev–Trinajstić information content (AvgIpc) is 2.95. The second kappa shape index (κ2) is 12.4. The molecule has 40 heavy (non-hydrogen) atoms. The zero-order valence-corrected chi connectivity index (χ0v) is 22.8. The molecular formula is C30H27N3O6S. The number of non-ortho nitro benzene ring substituents is 1. The first-order valence-electron chi connectivity index (χ1n) is 12.4. The Labute approximate surface area is 236 Å². The lowest BCUT2D eigenvalue weighted by Crippen LogP contribution is -2.54. The van der Waals surface area contributed by atoms with Crippen molar-refractivity contribution in [3.05, 3.63) is 111 Å². The van der Waals surface area contributed by atoms with Gasteiger partial charge in [0.25, 0.3) is 17.5 Å². The third-order valence-corrected chi connectivity index (χ3v) is 6.54. The highest BCUT2D eigenvalue weighted by molar-refractivity contribution is 7.80. The Morgan fingerprint density at radius 2 is 1.85 bits per heavy atom. The molecule has 1 saturated heterocycles. The molecule has 0 bridgehead atoms. The number of nitrogens with zero attached hydrogens (tertiary/aromatic N) is 2. The monoisotopic (exact) mass is 557 g/mol. The van der Waals surface area contributed by atoms with Crippen LogP contribution in [0.4, 0.5) is 11.4 Å². The molecule has 0 aromatic heterocycles. The SMILES string of the molecule is C=CCc1cc(/C=C2\C(=O)NC(=S)N(c3ccc(CC)cc3)C2=O)cc(OC)c1OCc1cccc([N+](=O)[O-])c1. The van der Waals surface area contributed by atoms with Crippen LogP contribution in [0.15, 0.2) is 78.9 Å². The van der Waals surface area contributed by atoms with Gasteiger partial charge in [-0.2, -0.15) is 0 Å². The molecule has 1 heterocycles. The first kappa shape index (κ1) is 28.2. The molecule has 1 aliphatic heterocycles. The first-order valence-corrected chi connectivity index (χ1v) is 12.8. The normalized spacial score (nSPS) is 14.2. The Morgan fingerprint density at radius 3 is 2.50 bits per heavy atom. The van der Waals surface area contributed by atoms with Gasteiger partial charge >= 0.3 is 0 Å². The van der Waals surface area contributed by atoms with Crippen LogP contribution < -0.4 is 19.7 Å². The van der Waals surface area contributed by atoms with Gasteiger partial charge in [-0.3, -0.25) is 29.9 Å². The zero-order chi connectivity index (χ0) is 28.8. The zero-order valence-electron chi connectivity index (χ0n) is 22.0. The molecule has 0 atom stereocenters. The molecule has 10 heteroatoms. The summed E-state index contributed by atoms with van der Waals surface area (Å²) in [7, 11) is 1.47. The summed E-state index contributed by atoms with van der Waals surface area (Å²) in [6.45, 7) is 5.91. The van der Waals surface area contributed by atoms with Crippen LogP contribution in [0.1, 0.15) is 29.2 Å². The van der Waals surface area contributed by atoms with Crippen molar-refractivity contribution in [3.63, 3.8) is 0 Å². The van der Waals surface area contributed by atoms with E-state index in [1.165, 1.54) is 30.2 Å². The standard InChI is InChI=1S/C30H27N3O6S/c1-4-7-22-14-21(17-26(38-3)27(22)39-18-20-8-6-9-24(15-20)33(36)37)16-25-28(34)31-30(40)32(29(25)35)23-12-10-19(5-2)11-13-23/h4,6,8-17H,1,5,7,18H2,2-3H3,(H,31,34,40)/b25-16+. The quantitative estimate of drug-likeness (QED) is 0.0899. The number of methoxy groups -OCH3 is 1. The van der Waals surface area contributed by atoms with Gasteiger partial charge in [0.15, 0.2) is 16.6 Å². The molecule has 204 valence electrons. The van der Waals surface area contributed by atoms with Crippen molar-refractivity contribution in [2.75, 3.05) is 12.0 Å². The van der Waals surface area contributed by atoms with Crippen molar-refractivity contribution in [2.45, 2.75) is 26.4 Å². The Kier molecular flexibility index (Phi) is 8.70. The lowest BCUT2D eigenvalue weighted by Gasteiger charge is -2.29. The van der Waals surface area contributed by atoms with Crippen LogP contribution in [0, 0.1) is 10.1 Å². The lowest BCUT2D eigenvalue weighted by molar-refractivity contribution is -0.384. The number of nitrogens with one attached hydrogen (secondary N) is 1. The van der Waals surface area contributed by atoms with Gasteiger partial charge in [0, 0.05) is 17.7 Å². The number of ether oxygens (including phenoxy) is 2. The largest absolute Gasteiger partial charge is 0.493 e. The molecule has 0 radical (unpaired) electrons. The Morgan fingerprint density at radius 1 is 1.10 bits per heavy atom. The summed E-state index contributed by atoms with van der Waals surface area (Å²) in [5.41, 5.74) is 3.36. The van der Waals surface area contributed by atoms with E-state index < -0.39 is 16.7 Å². The predicted octanol–water partition coefficient (Wildman–Crippen LogP) is 5.30. The number of benzene rings is 3. The molecule has 1 aliphatic rings. The number of rotatable bonds is 10. The van der Waals surface area contributed by atoms with E-state index in [0.29, 0.717) is 40.3 Å². The number of hydrogen-bond acceptors (Lipinski definition) is 7. The van der Waals surface area contributed by atoms with Gasteiger partial charge in [-0.05, 0) is 72.1 Å². The number of thiocarbonyl (C=S) groups is 1. The second-order valence-corrected chi connectivity index (χ2v) is 9.28. The van der Waals surface area contributed by atoms with Crippen molar-refractivity contribution >= 4 is 46.6 Å². The highest BCUT2D eigenvalue weighted by Crippen LogP contribution is 2.35. The van der Waals surface area contributed by atoms with Crippen molar-refractivity contribution in [1.29, 1.82) is 0 Å². The van der Waals surface area contributed by atoms with Crippen LogP contribution in [0.3, 0.4) is 0 Å². The van der Waals surface area contributed by atoms with E-state index in [1.807, 2.05) is 19.1 Å². The molecule has 4 rings (SSSR count). The first-order chi connectivity index (χ1) is 19.2. The van der Waals surface area contributed by atoms with Crippen molar-refractivity contribution in [1.82, 2.24) is 5.32 Å². The molecule has 0 aliphatic carbocycles. The van der Waals surface area contributed by atoms with Gasteiger partial charge < -0.3 is 9.47 Å². The van der Waals surface area contributed by atoms with Crippen LogP contribution in [0.25, 0.3) is 6.08 Å². The third-order valence-electron chi connectivity index (χ3n) is 6.26. The minimum absolute atomic E-state index is 0.00576. The highest BCUT2D eigenvalue weighted by Gasteiger charge is 2.34. The maximum Gasteiger partial charge on any atom is 0.270 e. The van der Waals surface area contributed by atoms with Crippen LogP contribution in [-0.4, -0.2) is 29.0 Å². The number of carbonyl (C=O) groups is 2. The fraction of sp³-hybridized carbons (Fsp3) is 0.167. The molecule has 2 amide bonds. The number of amides is 2. The molecular weight excluding hydrogens is 530 g/mol. The van der Waals surface area contributed by atoms with E-state index in [-0.39, 0.29) is 23.0 Å². The minimum atomic E-state index is -0.605. The Hall–Kier alpha value is -4.83. The van der Waals surface area contributed by atoms with Crippen molar-refractivity contribution < 1.29 is 24.0 Å². The van der Waals surface area contributed by atoms with Gasteiger partial charge in [0.1, 0.15) is 12.2 Å². The van der Waals surface area contributed by atoms with Gasteiger partial charge in [-0.1, -0.05) is 37.3 Å². The van der Waals surface area contributed by atoms with Gasteiger partial charge in [-0.25, -0.2) is 0 Å². The molecule has 1 fully saturated rings. The number of nitro groups is 1. The van der Waals surface area contributed by atoms with Crippen molar-refractivity contribution in [2.24, 2.45) is 0 Å². The molecule has 1 N–H and O–H groups in total.